The molecule has 0 spiro atoms. The Bertz CT molecular complexity index is 638. The number of rotatable bonds is 3. The fourth-order valence-electron chi connectivity index (χ4n) is 4.20. The maximum atomic E-state index is 12.2. The number of esters is 1. The van der Waals surface area contributed by atoms with Crippen LogP contribution in [0.4, 0.5) is 0 Å². The van der Waals surface area contributed by atoms with E-state index in [1.165, 1.54) is 43.2 Å². The summed E-state index contributed by atoms with van der Waals surface area (Å²) in [5.74, 6) is 1.36. The number of thiophene rings is 1. The molecule has 132 valence electrons. The van der Waals surface area contributed by atoms with Gasteiger partial charge in [0.25, 0.3) is 0 Å². The number of likely N-dealkylation sites (N-methyl/N-ethyl adjacent to an activating group) is 1. The van der Waals surface area contributed by atoms with Crippen LogP contribution in [0.15, 0.2) is 11.6 Å². The molecule has 3 nitrogen and oxygen atoms in total. The minimum Gasteiger partial charge on any atom is -0.465 e. The van der Waals surface area contributed by atoms with Crippen LogP contribution in [0.5, 0.6) is 0 Å². The molecule has 4 heteroatoms. The molecule has 0 amide bonds. The first-order valence-electron chi connectivity index (χ1n) is 9.09. The SMILES string of the molecule is COC(=O)c1sc(C)cc1C1=C(C2CCC(C)CC2)CN(C)CC1. The van der Waals surface area contributed by atoms with E-state index in [-0.39, 0.29) is 5.97 Å². The molecule has 1 aliphatic carbocycles. The van der Waals surface area contributed by atoms with Crippen LogP contribution in [-0.2, 0) is 4.74 Å². The lowest BCUT2D eigenvalue weighted by atomic mass is 9.75. The monoisotopic (exact) mass is 347 g/mol. The molecule has 0 aromatic carbocycles. The van der Waals surface area contributed by atoms with E-state index >= 15 is 0 Å². The van der Waals surface area contributed by atoms with Gasteiger partial charge in [-0.25, -0.2) is 4.79 Å². The second-order valence-electron chi connectivity index (χ2n) is 7.54. The van der Waals surface area contributed by atoms with E-state index in [4.69, 9.17) is 4.74 Å². The number of aryl methyl sites for hydroxylation is 1. The highest BCUT2D eigenvalue weighted by Gasteiger charge is 2.29. The maximum absolute atomic E-state index is 12.2. The van der Waals surface area contributed by atoms with Gasteiger partial charge in [0.05, 0.1) is 7.11 Å². The van der Waals surface area contributed by atoms with Gasteiger partial charge in [0, 0.05) is 23.5 Å². The molecule has 2 aliphatic rings. The minimum atomic E-state index is -0.189. The van der Waals surface area contributed by atoms with E-state index in [9.17, 15) is 4.79 Å². The van der Waals surface area contributed by atoms with E-state index in [0.717, 1.165) is 35.9 Å². The first kappa shape index (κ1) is 17.7. The molecule has 1 aliphatic heterocycles. The number of carbonyl (C=O) groups excluding carboxylic acids is 1. The van der Waals surface area contributed by atoms with Crippen LogP contribution in [0.3, 0.4) is 0 Å². The molecule has 0 unspecified atom stereocenters. The number of ether oxygens (including phenoxy) is 1. The van der Waals surface area contributed by atoms with Crippen molar-refractivity contribution in [1.29, 1.82) is 0 Å². The standard InChI is InChI=1S/C20H29NO2S/c1-13-5-7-15(8-6-13)18-12-21(3)10-9-16(18)17-11-14(2)24-19(17)20(22)23-4/h11,13,15H,5-10,12H2,1-4H3. The largest absolute Gasteiger partial charge is 0.465 e. The van der Waals surface area contributed by atoms with Crippen molar-refractivity contribution in [2.75, 3.05) is 27.2 Å². The molecule has 0 radical (unpaired) electrons. The van der Waals surface area contributed by atoms with E-state index in [1.807, 2.05) is 0 Å². The molecule has 1 aromatic heterocycles. The van der Waals surface area contributed by atoms with E-state index in [0.29, 0.717) is 5.92 Å². The van der Waals surface area contributed by atoms with Crippen molar-refractivity contribution < 1.29 is 9.53 Å². The number of methoxy groups -OCH3 is 1. The Kier molecular flexibility index (Phi) is 5.46. The minimum absolute atomic E-state index is 0.189. The van der Waals surface area contributed by atoms with Crippen molar-refractivity contribution in [2.45, 2.75) is 46.0 Å². The van der Waals surface area contributed by atoms with Crippen molar-refractivity contribution in [3.8, 4) is 0 Å². The fraction of sp³-hybridized carbons (Fsp3) is 0.650. The van der Waals surface area contributed by atoms with Crippen LogP contribution >= 0.6 is 11.3 Å². The van der Waals surface area contributed by atoms with Crippen LogP contribution in [0.1, 0.15) is 59.1 Å². The Morgan fingerprint density at radius 1 is 1.29 bits per heavy atom. The van der Waals surface area contributed by atoms with Gasteiger partial charge >= 0.3 is 5.97 Å². The van der Waals surface area contributed by atoms with Crippen LogP contribution < -0.4 is 0 Å². The molecule has 3 rings (SSSR count). The number of carbonyl (C=O) groups is 1. The third-order valence-electron chi connectivity index (χ3n) is 5.63. The molecule has 0 bridgehead atoms. The quantitative estimate of drug-likeness (QED) is 0.738. The summed E-state index contributed by atoms with van der Waals surface area (Å²) in [5.41, 5.74) is 4.15. The first-order chi connectivity index (χ1) is 11.5. The van der Waals surface area contributed by atoms with E-state index in [2.05, 4.69) is 31.9 Å². The van der Waals surface area contributed by atoms with Gasteiger partial charge in [-0.2, -0.15) is 0 Å². The highest BCUT2D eigenvalue weighted by molar-refractivity contribution is 7.14. The lowest BCUT2D eigenvalue weighted by Gasteiger charge is -2.35. The summed E-state index contributed by atoms with van der Waals surface area (Å²) in [7, 11) is 3.69. The third-order valence-corrected chi connectivity index (χ3v) is 6.66. The Morgan fingerprint density at radius 3 is 2.67 bits per heavy atom. The predicted molar refractivity (Wildman–Crippen MR) is 101 cm³/mol. The first-order valence-corrected chi connectivity index (χ1v) is 9.90. The highest BCUT2D eigenvalue weighted by atomic mass is 32.1. The summed E-state index contributed by atoms with van der Waals surface area (Å²) in [6.45, 7) is 6.57. The zero-order chi connectivity index (χ0) is 17.3. The number of nitrogens with zero attached hydrogens (tertiary/aromatic N) is 1. The summed E-state index contributed by atoms with van der Waals surface area (Å²) in [6.07, 6.45) is 6.29. The van der Waals surface area contributed by atoms with Crippen LogP contribution in [0.25, 0.3) is 5.57 Å². The molecule has 2 heterocycles. The molecular weight excluding hydrogens is 318 g/mol. The van der Waals surface area contributed by atoms with Crippen molar-refractivity contribution in [3.63, 3.8) is 0 Å². The average Bonchev–Trinajstić information content (AvgIpc) is 2.96. The smallest absolute Gasteiger partial charge is 0.348 e. The van der Waals surface area contributed by atoms with Crippen molar-refractivity contribution in [1.82, 2.24) is 4.90 Å². The van der Waals surface area contributed by atoms with Gasteiger partial charge in [0.1, 0.15) is 4.88 Å². The number of hydrogen-bond acceptors (Lipinski definition) is 4. The predicted octanol–water partition coefficient (Wildman–Crippen LogP) is 4.76. The van der Waals surface area contributed by atoms with Crippen molar-refractivity contribution >= 4 is 22.9 Å². The Labute approximate surface area is 149 Å². The lowest BCUT2D eigenvalue weighted by Crippen LogP contribution is -2.31. The average molecular weight is 348 g/mol. The van der Waals surface area contributed by atoms with Crippen LogP contribution in [0, 0.1) is 18.8 Å². The molecule has 24 heavy (non-hydrogen) atoms. The van der Waals surface area contributed by atoms with Crippen molar-refractivity contribution in [3.05, 3.63) is 27.0 Å². The third kappa shape index (κ3) is 3.60. The summed E-state index contributed by atoms with van der Waals surface area (Å²) >= 11 is 1.57. The second kappa shape index (κ2) is 7.40. The zero-order valence-corrected chi connectivity index (χ0v) is 16.2. The second-order valence-corrected chi connectivity index (χ2v) is 8.80. The Balaban J connectivity index is 2.01. The normalized spacial score (nSPS) is 25.8. The van der Waals surface area contributed by atoms with Gasteiger partial charge < -0.3 is 9.64 Å². The molecule has 0 N–H and O–H groups in total. The molecule has 1 saturated carbocycles. The van der Waals surface area contributed by atoms with E-state index < -0.39 is 0 Å². The summed E-state index contributed by atoms with van der Waals surface area (Å²) in [6, 6.07) is 2.20. The van der Waals surface area contributed by atoms with Crippen LogP contribution in [0.2, 0.25) is 0 Å². The molecular formula is C20H29NO2S. The molecule has 1 fully saturated rings. The van der Waals surface area contributed by atoms with Crippen LogP contribution in [-0.4, -0.2) is 38.1 Å². The zero-order valence-electron chi connectivity index (χ0n) is 15.4. The maximum Gasteiger partial charge on any atom is 0.348 e. The Hall–Kier alpha value is -1.13. The van der Waals surface area contributed by atoms with Gasteiger partial charge in [0.2, 0.25) is 0 Å². The van der Waals surface area contributed by atoms with Gasteiger partial charge in [-0.15, -0.1) is 11.3 Å². The summed E-state index contributed by atoms with van der Waals surface area (Å²) in [4.78, 5) is 16.6. The molecule has 1 aromatic rings. The topological polar surface area (TPSA) is 29.5 Å². The van der Waals surface area contributed by atoms with Crippen molar-refractivity contribution in [2.24, 2.45) is 11.8 Å². The Morgan fingerprint density at radius 2 is 2.00 bits per heavy atom. The molecule has 0 atom stereocenters. The summed E-state index contributed by atoms with van der Waals surface area (Å²) in [5, 5.41) is 0. The highest BCUT2D eigenvalue weighted by Crippen LogP contribution is 2.41. The summed E-state index contributed by atoms with van der Waals surface area (Å²) < 4.78 is 5.04. The van der Waals surface area contributed by atoms with E-state index in [1.54, 1.807) is 16.9 Å². The molecule has 0 saturated heterocycles. The number of hydrogen-bond donors (Lipinski definition) is 0. The van der Waals surface area contributed by atoms with Gasteiger partial charge in [-0.3, -0.25) is 0 Å². The fourth-order valence-corrected chi connectivity index (χ4v) is 5.16. The van der Waals surface area contributed by atoms with Gasteiger partial charge in [0.15, 0.2) is 0 Å². The lowest BCUT2D eigenvalue weighted by molar-refractivity contribution is 0.0606. The van der Waals surface area contributed by atoms with Gasteiger partial charge in [-0.1, -0.05) is 19.8 Å². The van der Waals surface area contributed by atoms with Gasteiger partial charge in [-0.05, 0) is 62.3 Å².